The molecule has 2 aliphatic carbocycles. The van der Waals surface area contributed by atoms with Crippen LogP contribution >= 0.6 is 0 Å². The molecule has 2 N–H and O–H groups in total. The first-order chi connectivity index (χ1) is 5.68. The van der Waals surface area contributed by atoms with E-state index in [0.717, 1.165) is 12.8 Å². The molecule has 0 saturated heterocycles. The van der Waals surface area contributed by atoms with E-state index >= 15 is 0 Å². The molecule has 2 aliphatic rings. The van der Waals surface area contributed by atoms with Crippen molar-refractivity contribution in [3.8, 4) is 0 Å². The SMILES string of the molecule is NC(=O)C1C[C@@H]2CC[C@@H](C1)C2=O. The number of primary amides is 1. The minimum atomic E-state index is -0.223. The maximum absolute atomic E-state index is 11.4. The van der Waals surface area contributed by atoms with E-state index in [9.17, 15) is 9.59 Å². The maximum atomic E-state index is 11.4. The van der Waals surface area contributed by atoms with Gasteiger partial charge in [0, 0.05) is 17.8 Å². The molecule has 12 heavy (non-hydrogen) atoms. The second-order valence-electron chi connectivity index (χ2n) is 3.94. The van der Waals surface area contributed by atoms with Gasteiger partial charge in [-0.1, -0.05) is 0 Å². The van der Waals surface area contributed by atoms with Crippen LogP contribution in [0.2, 0.25) is 0 Å². The highest BCUT2D eigenvalue weighted by Crippen LogP contribution is 2.41. The lowest BCUT2D eigenvalue weighted by atomic mass is 9.80. The van der Waals surface area contributed by atoms with Gasteiger partial charge in [0.2, 0.25) is 5.91 Å². The number of hydrogen-bond acceptors (Lipinski definition) is 2. The van der Waals surface area contributed by atoms with Crippen molar-refractivity contribution in [1.29, 1.82) is 0 Å². The van der Waals surface area contributed by atoms with Gasteiger partial charge in [-0.05, 0) is 25.7 Å². The Kier molecular flexibility index (Phi) is 1.67. The Bertz CT molecular complexity index is 221. The van der Waals surface area contributed by atoms with Gasteiger partial charge in [-0.3, -0.25) is 9.59 Å². The molecule has 2 saturated carbocycles. The van der Waals surface area contributed by atoms with E-state index in [1.807, 2.05) is 0 Å². The summed E-state index contributed by atoms with van der Waals surface area (Å²) in [5, 5.41) is 0. The first-order valence-electron chi connectivity index (χ1n) is 4.51. The Hall–Kier alpha value is -0.860. The van der Waals surface area contributed by atoms with Gasteiger partial charge in [0.05, 0.1) is 0 Å². The van der Waals surface area contributed by atoms with Gasteiger partial charge >= 0.3 is 0 Å². The Morgan fingerprint density at radius 2 is 1.75 bits per heavy atom. The van der Waals surface area contributed by atoms with Crippen LogP contribution in [0.15, 0.2) is 0 Å². The van der Waals surface area contributed by atoms with Crippen molar-refractivity contribution in [3.63, 3.8) is 0 Å². The predicted octanol–water partition coefficient (Wildman–Crippen LogP) is 0.477. The summed E-state index contributed by atoms with van der Waals surface area (Å²) < 4.78 is 0. The molecular formula is C9H13NO2. The Labute approximate surface area is 71.3 Å². The lowest BCUT2D eigenvalue weighted by Gasteiger charge is -2.23. The van der Waals surface area contributed by atoms with Crippen LogP contribution < -0.4 is 5.73 Å². The normalized spacial score (nSPS) is 40.0. The molecular weight excluding hydrogens is 154 g/mol. The highest BCUT2D eigenvalue weighted by atomic mass is 16.1. The second kappa shape index (κ2) is 2.57. The van der Waals surface area contributed by atoms with E-state index in [0.29, 0.717) is 18.6 Å². The monoisotopic (exact) mass is 167 g/mol. The highest BCUT2D eigenvalue weighted by Gasteiger charge is 2.42. The highest BCUT2D eigenvalue weighted by molar-refractivity contribution is 5.88. The van der Waals surface area contributed by atoms with E-state index in [1.54, 1.807) is 0 Å². The van der Waals surface area contributed by atoms with Crippen molar-refractivity contribution in [1.82, 2.24) is 0 Å². The van der Waals surface area contributed by atoms with Crippen LogP contribution in [-0.2, 0) is 9.59 Å². The molecule has 66 valence electrons. The van der Waals surface area contributed by atoms with E-state index in [-0.39, 0.29) is 23.7 Å². The minimum Gasteiger partial charge on any atom is -0.369 e. The first-order valence-corrected chi connectivity index (χ1v) is 4.51. The van der Waals surface area contributed by atoms with E-state index in [4.69, 9.17) is 5.73 Å². The fraction of sp³-hybridized carbons (Fsp3) is 0.778. The molecule has 0 radical (unpaired) electrons. The van der Waals surface area contributed by atoms with Crippen LogP contribution in [-0.4, -0.2) is 11.7 Å². The van der Waals surface area contributed by atoms with Crippen LogP contribution in [0.25, 0.3) is 0 Å². The molecule has 0 heterocycles. The number of ketones is 1. The fourth-order valence-electron chi connectivity index (χ4n) is 2.50. The van der Waals surface area contributed by atoms with E-state index < -0.39 is 0 Å². The van der Waals surface area contributed by atoms with Gasteiger partial charge in [-0.2, -0.15) is 0 Å². The van der Waals surface area contributed by atoms with Crippen molar-refractivity contribution in [2.24, 2.45) is 23.5 Å². The number of carbonyl (C=O) groups excluding carboxylic acids is 2. The van der Waals surface area contributed by atoms with Gasteiger partial charge in [0.1, 0.15) is 5.78 Å². The summed E-state index contributed by atoms with van der Waals surface area (Å²) >= 11 is 0. The Balaban J connectivity index is 2.12. The van der Waals surface area contributed by atoms with Crippen LogP contribution in [0.1, 0.15) is 25.7 Å². The number of fused-ring (bicyclic) bond motifs is 2. The van der Waals surface area contributed by atoms with Crippen molar-refractivity contribution < 1.29 is 9.59 Å². The van der Waals surface area contributed by atoms with Gasteiger partial charge in [0.15, 0.2) is 0 Å². The average Bonchev–Trinajstić information content (AvgIpc) is 2.30. The molecule has 0 aromatic heterocycles. The molecule has 2 atom stereocenters. The maximum Gasteiger partial charge on any atom is 0.220 e. The summed E-state index contributed by atoms with van der Waals surface area (Å²) in [7, 11) is 0. The molecule has 3 heteroatoms. The van der Waals surface area contributed by atoms with E-state index in [1.165, 1.54) is 0 Å². The smallest absolute Gasteiger partial charge is 0.220 e. The standard InChI is InChI=1S/C9H13NO2/c10-9(12)7-3-5-1-2-6(4-7)8(5)11/h5-7H,1-4H2,(H2,10,12)/t5-,6-/m0/s1. The quantitative estimate of drug-likeness (QED) is 0.617. The number of Topliss-reactive ketones (excluding diaryl/α,β-unsaturated/α-hetero) is 1. The molecule has 2 rings (SSSR count). The van der Waals surface area contributed by atoms with Crippen LogP contribution in [0.3, 0.4) is 0 Å². The van der Waals surface area contributed by atoms with Gasteiger partial charge in [-0.25, -0.2) is 0 Å². The third kappa shape index (κ3) is 1.04. The van der Waals surface area contributed by atoms with Crippen molar-refractivity contribution in [2.45, 2.75) is 25.7 Å². The van der Waals surface area contributed by atoms with E-state index in [2.05, 4.69) is 0 Å². The summed E-state index contributed by atoms with van der Waals surface area (Å²) in [6.45, 7) is 0. The van der Waals surface area contributed by atoms with Crippen LogP contribution in [0.5, 0.6) is 0 Å². The van der Waals surface area contributed by atoms with Crippen molar-refractivity contribution >= 4 is 11.7 Å². The summed E-state index contributed by atoms with van der Waals surface area (Å²) in [5.74, 6) is 0.439. The third-order valence-electron chi connectivity index (χ3n) is 3.21. The zero-order chi connectivity index (χ0) is 8.72. The third-order valence-corrected chi connectivity index (χ3v) is 3.21. The summed E-state index contributed by atoms with van der Waals surface area (Å²) in [5.41, 5.74) is 5.21. The molecule has 3 nitrogen and oxygen atoms in total. The van der Waals surface area contributed by atoms with Crippen LogP contribution in [0.4, 0.5) is 0 Å². The predicted molar refractivity (Wildman–Crippen MR) is 43.1 cm³/mol. The largest absolute Gasteiger partial charge is 0.369 e. The van der Waals surface area contributed by atoms with Gasteiger partial charge < -0.3 is 5.73 Å². The molecule has 2 bridgehead atoms. The van der Waals surface area contributed by atoms with Gasteiger partial charge in [-0.15, -0.1) is 0 Å². The minimum absolute atomic E-state index is 0.0276. The Morgan fingerprint density at radius 1 is 1.25 bits per heavy atom. The number of carbonyl (C=O) groups is 2. The number of hydrogen-bond donors (Lipinski definition) is 1. The van der Waals surface area contributed by atoms with Gasteiger partial charge in [0.25, 0.3) is 0 Å². The van der Waals surface area contributed by atoms with Crippen molar-refractivity contribution in [2.75, 3.05) is 0 Å². The molecule has 0 aliphatic heterocycles. The summed E-state index contributed by atoms with van der Waals surface area (Å²) in [6, 6.07) is 0. The number of amides is 1. The van der Waals surface area contributed by atoms with Crippen LogP contribution in [0, 0.1) is 17.8 Å². The first kappa shape index (κ1) is 7.77. The zero-order valence-corrected chi connectivity index (χ0v) is 6.95. The summed E-state index contributed by atoms with van der Waals surface area (Å²) in [4.78, 5) is 22.3. The molecule has 0 unspecified atom stereocenters. The second-order valence-corrected chi connectivity index (χ2v) is 3.94. The lowest BCUT2D eigenvalue weighted by molar-refractivity contribution is -0.130. The molecule has 0 spiro atoms. The number of rotatable bonds is 1. The molecule has 2 fully saturated rings. The lowest BCUT2D eigenvalue weighted by Crippen LogP contribution is -2.33. The number of nitrogens with two attached hydrogens (primary N) is 1. The van der Waals surface area contributed by atoms with Crippen molar-refractivity contribution in [3.05, 3.63) is 0 Å². The Morgan fingerprint density at radius 3 is 2.17 bits per heavy atom. The fourth-order valence-corrected chi connectivity index (χ4v) is 2.50. The average molecular weight is 167 g/mol. The summed E-state index contributed by atoms with van der Waals surface area (Å²) in [6.07, 6.45) is 3.38. The topological polar surface area (TPSA) is 60.2 Å². The molecule has 1 amide bonds. The molecule has 0 aromatic carbocycles. The zero-order valence-electron chi connectivity index (χ0n) is 6.95. The molecule has 0 aromatic rings.